The van der Waals surface area contributed by atoms with Crippen LogP contribution in [0.2, 0.25) is 5.02 Å². The van der Waals surface area contributed by atoms with Crippen LogP contribution in [-0.2, 0) is 20.7 Å². The maximum atomic E-state index is 12.2. The molecular weight excluding hydrogens is 368 g/mol. The number of aromatic amines is 1. The number of carbonyl (C=O) groups is 2. The van der Waals surface area contributed by atoms with Crippen LogP contribution in [-0.4, -0.2) is 36.6 Å². The Labute approximate surface area is 161 Å². The van der Waals surface area contributed by atoms with Crippen molar-refractivity contribution in [2.24, 2.45) is 0 Å². The Hall–Kier alpha value is -2.99. The van der Waals surface area contributed by atoms with E-state index in [0.717, 1.165) is 16.5 Å². The lowest BCUT2D eigenvalue weighted by molar-refractivity contribution is -0.145. The first-order valence-corrected chi connectivity index (χ1v) is 8.75. The third-order valence-electron chi connectivity index (χ3n) is 4.10. The van der Waals surface area contributed by atoms with Gasteiger partial charge in [-0.15, -0.1) is 0 Å². The van der Waals surface area contributed by atoms with Crippen molar-refractivity contribution in [2.45, 2.75) is 12.5 Å². The third kappa shape index (κ3) is 4.80. The number of esters is 1. The van der Waals surface area contributed by atoms with Crippen LogP contribution in [0.1, 0.15) is 5.56 Å². The van der Waals surface area contributed by atoms with Crippen LogP contribution >= 0.6 is 11.6 Å². The van der Waals surface area contributed by atoms with Crippen molar-refractivity contribution in [1.29, 1.82) is 0 Å². The van der Waals surface area contributed by atoms with Gasteiger partial charge in [-0.05, 0) is 35.9 Å². The zero-order valence-corrected chi connectivity index (χ0v) is 15.5. The fraction of sp³-hybridized carbons (Fsp3) is 0.200. The molecule has 140 valence electrons. The maximum absolute atomic E-state index is 12.2. The van der Waals surface area contributed by atoms with E-state index in [4.69, 9.17) is 21.1 Å². The van der Waals surface area contributed by atoms with E-state index in [1.807, 2.05) is 30.5 Å². The molecule has 0 bridgehead atoms. The van der Waals surface area contributed by atoms with E-state index in [9.17, 15) is 9.59 Å². The molecule has 0 saturated carbocycles. The van der Waals surface area contributed by atoms with Gasteiger partial charge in [0.25, 0.3) is 5.91 Å². The highest BCUT2D eigenvalue weighted by molar-refractivity contribution is 6.30. The van der Waals surface area contributed by atoms with Gasteiger partial charge in [0.05, 0.1) is 7.11 Å². The number of hydrogen-bond donors (Lipinski definition) is 2. The zero-order valence-electron chi connectivity index (χ0n) is 14.7. The van der Waals surface area contributed by atoms with Crippen LogP contribution in [0.15, 0.2) is 54.7 Å². The largest absolute Gasteiger partial charge is 0.484 e. The second-order valence-corrected chi connectivity index (χ2v) is 6.39. The molecule has 2 N–H and O–H groups in total. The summed E-state index contributed by atoms with van der Waals surface area (Å²) in [5.41, 5.74) is 1.88. The second-order valence-electron chi connectivity index (χ2n) is 5.95. The van der Waals surface area contributed by atoms with Gasteiger partial charge in [0.2, 0.25) is 0 Å². The average molecular weight is 387 g/mol. The summed E-state index contributed by atoms with van der Waals surface area (Å²) in [7, 11) is 1.29. The molecule has 0 spiro atoms. The number of ether oxygens (including phenoxy) is 2. The van der Waals surface area contributed by atoms with Crippen LogP contribution in [0.4, 0.5) is 0 Å². The fourth-order valence-corrected chi connectivity index (χ4v) is 2.90. The molecule has 0 aliphatic carbocycles. The van der Waals surface area contributed by atoms with Crippen molar-refractivity contribution in [3.8, 4) is 5.75 Å². The number of rotatable bonds is 7. The van der Waals surface area contributed by atoms with Crippen LogP contribution in [0.3, 0.4) is 0 Å². The van der Waals surface area contributed by atoms with Crippen LogP contribution in [0.5, 0.6) is 5.75 Å². The van der Waals surface area contributed by atoms with E-state index in [2.05, 4.69) is 10.3 Å². The van der Waals surface area contributed by atoms with E-state index in [-0.39, 0.29) is 6.61 Å². The van der Waals surface area contributed by atoms with Crippen molar-refractivity contribution in [1.82, 2.24) is 10.3 Å². The molecule has 0 aliphatic rings. The molecule has 2 aromatic carbocycles. The first-order valence-electron chi connectivity index (χ1n) is 8.37. The van der Waals surface area contributed by atoms with Crippen molar-refractivity contribution in [2.75, 3.05) is 13.7 Å². The first-order chi connectivity index (χ1) is 13.1. The number of amides is 1. The number of aromatic nitrogens is 1. The highest BCUT2D eigenvalue weighted by Crippen LogP contribution is 2.19. The average Bonchev–Trinajstić information content (AvgIpc) is 3.09. The van der Waals surface area contributed by atoms with E-state index in [0.29, 0.717) is 17.2 Å². The molecule has 0 saturated heterocycles. The minimum absolute atomic E-state index is 0.219. The van der Waals surface area contributed by atoms with E-state index in [1.54, 1.807) is 24.3 Å². The SMILES string of the molecule is COC(=O)C(Cc1c[nH]c2ccccc12)NC(=O)COc1ccc(Cl)cc1. The highest BCUT2D eigenvalue weighted by Gasteiger charge is 2.23. The smallest absolute Gasteiger partial charge is 0.328 e. The van der Waals surface area contributed by atoms with Crippen molar-refractivity contribution >= 4 is 34.4 Å². The normalized spacial score (nSPS) is 11.8. The molecule has 0 aliphatic heterocycles. The Morgan fingerprint density at radius 1 is 1.15 bits per heavy atom. The Balaban J connectivity index is 1.65. The van der Waals surface area contributed by atoms with Gasteiger partial charge in [-0.1, -0.05) is 29.8 Å². The number of carbonyl (C=O) groups excluding carboxylic acids is 2. The molecule has 27 heavy (non-hydrogen) atoms. The van der Waals surface area contributed by atoms with Crippen molar-refractivity contribution in [3.05, 3.63) is 65.3 Å². The third-order valence-corrected chi connectivity index (χ3v) is 4.36. The number of hydrogen-bond acceptors (Lipinski definition) is 4. The Bertz CT molecular complexity index is 937. The summed E-state index contributed by atoms with van der Waals surface area (Å²) in [5.74, 6) is -0.416. The Morgan fingerprint density at radius 2 is 1.89 bits per heavy atom. The molecule has 1 heterocycles. The molecule has 1 unspecified atom stereocenters. The topological polar surface area (TPSA) is 80.4 Å². The second kappa shape index (κ2) is 8.60. The standard InChI is InChI=1S/C20H19ClN2O4/c1-26-20(25)18(10-13-11-22-17-5-3-2-4-16(13)17)23-19(24)12-27-15-8-6-14(21)7-9-15/h2-9,11,18,22H,10,12H2,1H3,(H,23,24). The monoisotopic (exact) mass is 386 g/mol. The van der Waals surface area contributed by atoms with Crippen molar-refractivity contribution < 1.29 is 19.1 Å². The lowest BCUT2D eigenvalue weighted by Gasteiger charge is -2.16. The Morgan fingerprint density at radius 3 is 2.63 bits per heavy atom. The minimum atomic E-state index is -0.810. The molecule has 3 aromatic rings. The van der Waals surface area contributed by atoms with Gasteiger partial charge in [0, 0.05) is 28.5 Å². The number of para-hydroxylation sites is 1. The lowest BCUT2D eigenvalue weighted by Crippen LogP contribution is -2.44. The molecule has 1 atom stereocenters. The number of H-pyrrole nitrogens is 1. The number of halogens is 1. The molecule has 0 fully saturated rings. The summed E-state index contributed by atoms with van der Waals surface area (Å²) in [4.78, 5) is 27.5. The number of fused-ring (bicyclic) bond motifs is 1. The number of methoxy groups -OCH3 is 1. The summed E-state index contributed by atoms with van der Waals surface area (Å²) in [6.07, 6.45) is 2.14. The van der Waals surface area contributed by atoms with Gasteiger partial charge in [-0.3, -0.25) is 4.79 Å². The molecule has 1 aromatic heterocycles. The Kier molecular flexibility index (Phi) is 5.98. The summed E-state index contributed by atoms with van der Waals surface area (Å²) in [6.45, 7) is -0.219. The van der Waals surface area contributed by atoms with Crippen LogP contribution in [0.25, 0.3) is 10.9 Å². The zero-order chi connectivity index (χ0) is 19.2. The van der Waals surface area contributed by atoms with Gasteiger partial charge in [0.15, 0.2) is 6.61 Å². The van der Waals surface area contributed by atoms with Crippen LogP contribution < -0.4 is 10.1 Å². The van der Waals surface area contributed by atoms with Gasteiger partial charge in [0.1, 0.15) is 11.8 Å². The summed E-state index contributed by atoms with van der Waals surface area (Å²) < 4.78 is 10.2. The van der Waals surface area contributed by atoms with Gasteiger partial charge in [-0.2, -0.15) is 0 Å². The maximum Gasteiger partial charge on any atom is 0.328 e. The van der Waals surface area contributed by atoms with E-state index < -0.39 is 17.9 Å². The molecule has 6 nitrogen and oxygen atoms in total. The molecule has 0 radical (unpaired) electrons. The van der Waals surface area contributed by atoms with Gasteiger partial charge < -0.3 is 19.8 Å². The predicted octanol–water partition coefficient (Wildman–Crippen LogP) is 3.10. The number of benzene rings is 2. The molecular formula is C20H19ClN2O4. The van der Waals surface area contributed by atoms with Crippen molar-refractivity contribution in [3.63, 3.8) is 0 Å². The quantitative estimate of drug-likeness (QED) is 0.611. The molecule has 7 heteroatoms. The van der Waals surface area contributed by atoms with Gasteiger partial charge in [-0.25, -0.2) is 4.79 Å². The predicted molar refractivity (Wildman–Crippen MR) is 103 cm³/mol. The first kappa shape index (κ1) is 18.8. The minimum Gasteiger partial charge on any atom is -0.484 e. The fourth-order valence-electron chi connectivity index (χ4n) is 2.77. The van der Waals surface area contributed by atoms with Gasteiger partial charge >= 0.3 is 5.97 Å². The molecule has 3 rings (SSSR count). The van der Waals surface area contributed by atoms with Crippen LogP contribution in [0, 0.1) is 0 Å². The summed E-state index contributed by atoms with van der Waals surface area (Å²) in [6, 6.07) is 13.6. The lowest BCUT2D eigenvalue weighted by atomic mass is 10.0. The van der Waals surface area contributed by atoms with E-state index in [1.165, 1.54) is 7.11 Å². The van der Waals surface area contributed by atoms with E-state index >= 15 is 0 Å². The summed E-state index contributed by atoms with van der Waals surface area (Å²) >= 11 is 5.81. The summed E-state index contributed by atoms with van der Waals surface area (Å²) in [5, 5.41) is 4.25. The number of nitrogens with one attached hydrogen (secondary N) is 2. The highest BCUT2D eigenvalue weighted by atomic mass is 35.5. The molecule has 1 amide bonds.